The minimum absolute atomic E-state index is 0.385. The van der Waals surface area contributed by atoms with Crippen LogP contribution in [0, 0.1) is 0 Å². The Morgan fingerprint density at radius 3 is 3.27 bits per heavy atom. The number of hydrogen-bond donors (Lipinski definition) is 1. The molecule has 0 spiro atoms. The second kappa shape index (κ2) is 3.63. The normalized spacial score (nSPS) is 9.18. The quantitative estimate of drug-likeness (QED) is 0.399. The highest BCUT2D eigenvalue weighted by atomic mass is 15.1. The smallest absolute Gasteiger partial charge is 0.0544 e. The van der Waals surface area contributed by atoms with Crippen LogP contribution in [0.4, 0.5) is 0 Å². The van der Waals surface area contributed by atoms with E-state index in [0.717, 1.165) is 17.7 Å². The SMILES string of the molecule is CCc1[nH]ncc1CN=[N+]=[N-]. The van der Waals surface area contributed by atoms with Crippen LogP contribution in [0.25, 0.3) is 10.4 Å². The lowest BCUT2D eigenvalue weighted by atomic mass is 10.2. The van der Waals surface area contributed by atoms with Crippen LogP contribution in [-0.4, -0.2) is 10.2 Å². The van der Waals surface area contributed by atoms with Gasteiger partial charge in [-0.2, -0.15) is 5.10 Å². The van der Waals surface area contributed by atoms with Gasteiger partial charge >= 0.3 is 0 Å². The molecule has 0 fully saturated rings. The molecule has 1 aromatic heterocycles. The number of aromatic nitrogens is 2. The summed E-state index contributed by atoms with van der Waals surface area (Å²) in [4.78, 5) is 2.67. The van der Waals surface area contributed by atoms with E-state index in [4.69, 9.17) is 5.53 Å². The van der Waals surface area contributed by atoms with Gasteiger partial charge in [0.1, 0.15) is 0 Å². The fourth-order valence-electron chi connectivity index (χ4n) is 0.888. The molecule has 0 aliphatic heterocycles. The van der Waals surface area contributed by atoms with Gasteiger partial charge in [0.15, 0.2) is 0 Å². The first-order valence-electron chi connectivity index (χ1n) is 3.40. The minimum atomic E-state index is 0.385. The molecule has 0 bridgehead atoms. The van der Waals surface area contributed by atoms with Gasteiger partial charge in [0.05, 0.1) is 12.7 Å². The zero-order chi connectivity index (χ0) is 8.10. The van der Waals surface area contributed by atoms with E-state index in [1.165, 1.54) is 0 Å². The molecule has 1 aromatic rings. The lowest BCUT2D eigenvalue weighted by Crippen LogP contribution is -1.86. The molecule has 0 saturated heterocycles. The summed E-state index contributed by atoms with van der Waals surface area (Å²) in [5.74, 6) is 0. The summed E-state index contributed by atoms with van der Waals surface area (Å²) >= 11 is 0. The third-order valence-electron chi connectivity index (χ3n) is 1.47. The van der Waals surface area contributed by atoms with Crippen molar-refractivity contribution in [3.63, 3.8) is 0 Å². The lowest BCUT2D eigenvalue weighted by molar-refractivity contribution is 0.944. The summed E-state index contributed by atoms with van der Waals surface area (Å²) in [7, 11) is 0. The molecule has 0 atom stereocenters. The van der Waals surface area contributed by atoms with E-state index in [9.17, 15) is 0 Å². The van der Waals surface area contributed by atoms with Crippen LogP contribution in [0.3, 0.4) is 0 Å². The average Bonchev–Trinajstić information content (AvgIpc) is 2.47. The molecular weight excluding hydrogens is 142 g/mol. The van der Waals surface area contributed by atoms with Crippen LogP contribution in [0.5, 0.6) is 0 Å². The van der Waals surface area contributed by atoms with Gasteiger partial charge in [-0.3, -0.25) is 5.10 Å². The Balaban J connectivity index is 2.75. The highest BCUT2D eigenvalue weighted by molar-refractivity contribution is 5.15. The van der Waals surface area contributed by atoms with Crippen molar-refractivity contribution >= 4 is 0 Å². The Bertz CT molecular complexity index is 270. The van der Waals surface area contributed by atoms with Crippen molar-refractivity contribution in [1.82, 2.24) is 10.2 Å². The third-order valence-corrected chi connectivity index (χ3v) is 1.47. The van der Waals surface area contributed by atoms with Crippen molar-refractivity contribution in [1.29, 1.82) is 0 Å². The molecule has 0 aromatic carbocycles. The molecule has 58 valence electrons. The molecule has 0 saturated carbocycles. The summed E-state index contributed by atoms with van der Waals surface area (Å²) in [6.07, 6.45) is 2.57. The van der Waals surface area contributed by atoms with Crippen LogP contribution in [0.15, 0.2) is 11.3 Å². The molecular formula is C6H9N5. The maximum Gasteiger partial charge on any atom is 0.0544 e. The molecule has 0 unspecified atom stereocenters. The highest BCUT2D eigenvalue weighted by Crippen LogP contribution is 2.06. The molecule has 0 amide bonds. The predicted octanol–water partition coefficient (Wildman–Crippen LogP) is 1.78. The zero-order valence-corrected chi connectivity index (χ0v) is 6.28. The molecule has 11 heavy (non-hydrogen) atoms. The Kier molecular flexibility index (Phi) is 2.52. The number of aryl methyl sites for hydroxylation is 1. The van der Waals surface area contributed by atoms with E-state index in [0.29, 0.717) is 6.54 Å². The van der Waals surface area contributed by atoms with Crippen molar-refractivity contribution in [3.05, 3.63) is 27.9 Å². The van der Waals surface area contributed by atoms with Crippen LogP contribution in [0.1, 0.15) is 18.2 Å². The molecule has 5 nitrogen and oxygen atoms in total. The number of hydrogen-bond acceptors (Lipinski definition) is 2. The van der Waals surface area contributed by atoms with E-state index in [1.54, 1.807) is 6.20 Å². The standard InChI is InChI=1S/C6H9N5/c1-2-6-5(3-8-10-6)4-9-11-7/h3H,2,4H2,1H3,(H,8,10). The van der Waals surface area contributed by atoms with Crippen LogP contribution in [0.2, 0.25) is 0 Å². The van der Waals surface area contributed by atoms with Crippen molar-refractivity contribution < 1.29 is 0 Å². The fourth-order valence-corrected chi connectivity index (χ4v) is 0.888. The third kappa shape index (κ3) is 1.72. The van der Waals surface area contributed by atoms with E-state index in [-0.39, 0.29) is 0 Å². The van der Waals surface area contributed by atoms with Crippen molar-refractivity contribution in [2.75, 3.05) is 0 Å². The molecule has 5 heteroatoms. The lowest BCUT2D eigenvalue weighted by Gasteiger charge is -1.92. The van der Waals surface area contributed by atoms with E-state index in [1.807, 2.05) is 6.92 Å². The van der Waals surface area contributed by atoms with Gasteiger partial charge in [-0.05, 0) is 17.5 Å². The molecule has 1 N–H and O–H groups in total. The molecule has 1 rings (SSSR count). The maximum absolute atomic E-state index is 8.06. The maximum atomic E-state index is 8.06. The first-order chi connectivity index (χ1) is 5.38. The molecule has 0 aliphatic carbocycles. The Morgan fingerprint density at radius 1 is 1.82 bits per heavy atom. The summed E-state index contributed by atoms with van der Waals surface area (Å²) in [6, 6.07) is 0. The van der Waals surface area contributed by atoms with Gasteiger partial charge in [-0.1, -0.05) is 12.0 Å². The summed E-state index contributed by atoms with van der Waals surface area (Å²) in [5.41, 5.74) is 10.1. The van der Waals surface area contributed by atoms with E-state index >= 15 is 0 Å². The van der Waals surface area contributed by atoms with E-state index < -0.39 is 0 Å². The van der Waals surface area contributed by atoms with E-state index in [2.05, 4.69) is 20.2 Å². The number of rotatable bonds is 3. The van der Waals surface area contributed by atoms with Gasteiger partial charge in [0.2, 0.25) is 0 Å². The average molecular weight is 151 g/mol. The van der Waals surface area contributed by atoms with Crippen molar-refractivity contribution in [2.24, 2.45) is 5.11 Å². The van der Waals surface area contributed by atoms with Crippen LogP contribution >= 0.6 is 0 Å². The monoisotopic (exact) mass is 151 g/mol. The second-order valence-electron chi connectivity index (χ2n) is 2.12. The molecule has 1 heterocycles. The summed E-state index contributed by atoms with van der Waals surface area (Å²) < 4.78 is 0. The Labute approximate surface area is 64.1 Å². The van der Waals surface area contributed by atoms with Crippen molar-refractivity contribution in [2.45, 2.75) is 19.9 Å². The van der Waals surface area contributed by atoms with Crippen LogP contribution in [-0.2, 0) is 13.0 Å². The first kappa shape index (κ1) is 7.63. The van der Waals surface area contributed by atoms with Crippen molar-refractivity contribution in [3.8, 4) is 0 Å². The number of aromatic amines is 1. The Hall–Kier alpha value is -1.48. The number of nitrogens with zero attached hydrogens (tertiary/aromatic N) is 4. The molecule has 0 radical (unpaired) electrons. The zero-order valence-electron chi connectivity index (χ0n) is 6.28. The predicted molar refractivity (Wildman–Crippen MR) is 40.8 cm³/mol. The minimum Gasteiger partial charge on any atom is -0.282 e. The molecule has 0 aliphatic rings. The highest BCUT2D eigenvalue weighted by Gasteiger charge is 1.99. The van der Waals surface area contributed by atoms with Gasteiger partial charge in [-0.25, -0.2) is 0 Å². The fraction of sp³-hybridized carbons (Fsp3) is 0.500. The first-order valence-corrected chi connectivity index (χ1v) is 3.40. The number of H-pyrrole nitrogens is 1. The summed E-state index contributed by atoms with van der Waals surface area (Å²) in [5, 5.41) is 10.1. The van der Waals surface area contributed by atoms with Crippen LogP contribution < -0.4 is 0 Å². The van der Waals surface area contributed by atoms with Gasteiger partial charge in [-0.15, -0.1) is 0 Å². The van der Waals surface area contributed by atoms with Gasteiger partial charge < -0.3 is 0 Å². The second-order valence-corrected chi connectivity index (χ2v) is 2.12. The largest absolute Gasteiger partial charge is 0.282 e. The number of nitrogens with one attached hydrogen (secondary N) is 1. The number of azide groups is 1. The summed E-state index contributed by atoms with van der Waals surface area (Å²) in [6.45, 7) is 2.41. The van der Waals surface area contributed by atoms with Gasteiger partial charge in [0.25, 0.3) is 0 Å². The topological polar surface area (TPSA) is 77.4 Å². The Morgan fingerprint density at radius 2 is 2.64 bits per heavy atom. The van der Waals surface area contributed by atoms with Gasteiger partial charge in [0, 0.05) is 10.6 Å².